The number of alkyl halides is 3. The minimum absolute atomic E-state index is 0.198. The third kappa shape index (κ3) is 3.77. The molecule has 4 aromatic rings. The maximum absolute atomic E-state index is 12.8. The van der Waals surface area contributed by atoms with E-state index < -0.39 is 23.9 Å². The molecule has 0 aliphatic heterocycles. The van der Waals surface area contributed by atoms with Gasteiger partial charge in [0, 0.05) is 16.0 Å². The van der Waals surface area contributed by atoms with Gasteiger partial charge in [0.05, 0.1) is 16.8 Å². The first kappa shape index (κ1) is 18.9. The largest absolute Gasteiger partial charge is 0.451 e. The van der Waals surface area contributed by atoms with Crippen molar-refractivity contribution in [2.24, 2.45) is 0 Å². The first-order chi connectivity index (χ1) is 13.8. The Balaban J connectivity index is 1.77. The van der Waals surface area contributed by atoms with Crippen LogP contribution in [-0.2, 0) is 6.18 Å². The highest BCUT2D eigenvalue weighted by Crippen LogP contribution is 2.30. The lowest BCUT2D eigenvalue weighted by Gasteiger charge is -2.10. The Hall–Kier alpha value is -3.46. The van der Waals surface area contributed by atoms with Crippen LogP contribution in [0.5, 0.6) is 0 Å². The number of aromatic amines is 1. The summed E-state index contributed by atoms with van der Waals surface area (Å²) >= 11 is 6.25. The number of carbonyl (C=O) groups is 1. The number of benzene rings is 2. The summed E-state index contributed by atoms with van der Waals surface area (Å²) < 4.78 is 38.0. The summed E-state index contributed by atoms with van der Waals surface area (Å²) in [6.07, 6.45) is -4.70. The fourth-order valence-electron chi connectivity index (χ4n) is 2.78. The third-order valence-corrected chi connectivity index (χ3v) is 4.42. The molecule has 1 amide bonds. The molecule has 0 atom stereocenters. The molecule has 0 bridgehead atoms. The van der Waals surface area contributed by atoms with E-state index in [1.54, 1.807) is 53.6 Å². The van der Waals surface area contributed by atoms with Crippen molar-refractivity contribution in [1.29, 1.82) is 0 Å². The summed E-state index contributed by atoms with van der Waals surface area (Å²) in [6.45, 7) is 0. The average molecular weight is 418 g/mol. The highest BCUT2D eigenvalue weighted by atomic mass is 35.5. The van der Waals surface area contributed by atoms with Gasteiger partial charge >= 0.3 is 6.18 Å². The molecule has 10 heteroatoms. The summed E-state index contributed by atoms with van der Waals surface area (Å²) in [5.74, 6) is -2.46. The van der Waals surface area contributed by atoms with Crippen molar-refractivity contribution < 1.29 is 18.0 Å². The SMILES string of the molecule is O=C(Nc1n[nH]c(C(F)(F)F)n1)c1cc(-c2ccccc2Cl)nc2ccccc12. The van der Waals surface area contributed by atoms with E-state index in [9.17, 15) is 18.0 Å². The molecule has 2 heterocycles. The predicted molar refractivity (Wildman–Crippen MR) is 102 cm³/mol. The molecule has 0 saturated carbocycles. The Morgan fingerprint density at radius 3 is 2.48 bits per heavy atom. The molecular weight excluding hydrogens is 407 g/mol. The molecule has 0 spiro atoms. The topological polar surface area (TPSA) is 83.6 Å². The smallest absolute Gasteiger partial charge is 0.289 e. The monoisotopic (exact) mass is 417 g/mol. The molecule has 2 aromatic carbocycles. The molecular formula is C19H11ClF3N5O. The van der Waals surface area contributed by atoms with Crippen molar-refractivity contribution in [3.8, 4) is 11.3 Å². The van der Waals surface area contributed by atoms with Crippen molar-refractivity contribution in [2.45, 2.75) is 6.18 Å². The summed E-state index contributed by atoms with van der Waals surface area (Å²) in [5.41, 5.74) is 1.79. The number of fused-ring (bicyclic) bond motifs is 1. The number of carbonyl (C=O) groups excluding carboxylic acids is 1. The molecule has 6 nitrogen and oxygen atoms in total. The molecule has 29 heavy (non-hydrogen) atoms. The molecule has 2 N–H and O–H groups in total. The minimum Gasteiger partial charge on any atom is -0.289 e. The van der Waals surface area contributed by atoms with Crippen LogP contribution >= 0.6 is 11.6 Å². The number of amides is 1. The van der Waals surface area contributed by atoms with Crippen LogP contribution in [0.15, 0.2) is 54.6 Å². The molecule has 0 aliphatic rings. The van der Waals surface area contributed by atoms with E-state index in [-0.39, 0.29) is 5.56 Å². The molecule has 0 fully saturated rings. The van der Waals surface area contributed by atoms with Gasteiger partial charge in [-0.15, -0.1) is 5.10 Å². The lowest BCUT2D eigenvalue weighted by atomic mass is 10.0. The van der Waals surface area contributed by atoms with Gasteiger partial charge in [0.1, 0.15) is 0 Å². The molecule has 0 aliphatic carbocycles. The van der Waals surface area contributed by atoms with Crippen LogP contribution in [-0.4, -0.2) is 26.1 Å². The van der Waals surface area contributed by atoms with E-state index in [2.05, 4.69) is 20.4 Å². The number of nitrogens with one attached hydrogen (secondary N) is 2. The van der Waals surface area contributed by atoms with Gasteiger partial charge < -0.3 is 0 Å². The summed E-state index contributed by atoms with van der Waals surface area (Å²) in [6, 6.07) is 15.4. The quantitative estimate of drug-likeness (QED) is 0.494. The van der Waals surface area contributed by atoms with Crippen LogP contribution in [0.1, 0.15) is 16.2 Å². The molecule has 146 valence electrons. The molecule has 0 unspecified atom stereocenters. The van der Waals surface area contributed by atoms with Crippen molar-refractivity contribution in [3.63, 3.8) is 0 Å². The second kappa shape index (κ2) is 7.17. The maximum atomic E-state index is 12.8. The van der Waals surface area contributed by atoms with Crippen molar-refractivity contribution in [2.75, 3.05) is 5.32 Å². The van der Waals surface area contributed by atoms with Crippen LogP contribution in [0.3, 0.4) is 0 Å². The predicted octanol–water partition coefficient (Wildman–Crippen LogP) is 4.94. The Morgan fingerprint density at radius 1 is 1.03 bits per heavy atom. The van der Waals surface area contributed by atoms with Gasteiger partial charge in [-0.05, 0) is 18.2 Å². The first-order valence-corrected chi connectivity index (χ1v) is 8.66. The second-order valence-electron chi connectivity index (χ2n) is 6.01. The highest BCUT2D eigenvalue weighted by molar-refractivity contribution is 6.33. The van der Waals surface area contributed by atoms with E-state index in [0.717, 1.165) is 0 Å². The standard InChI is InChI=1S/C19H11ClF3N5O/c20-13-7-3-1-6-11(13)15-9-12(10-5-2-4-8-14(10)24-15)16(29)25-18-26-17(27-28-18)19(21,22)23/h1-9H,(H2,25,26,27,28,29). The van der Waals surface area contributed by atoms with E-state index in [1.165, 1.54) is 6.07 Å². The number of pyridine rings is 1. The Morgan fingerprint density at radius 2 is 1.76 bits per heavy atom. The lowest BCUT2D eigenvalue weighted by Crippen LogP contribution is -2.14. The molecule has 0 saturated heterocycles. The molecule has 2 aromatic heterocycles. The van der Waals surface area contributed by atoms with Crippen molar-refractivity contribution >= 4 is 34.4 Å². The number of nitrogens with zero attached hydrogens (tertiary/aromatic N) is 3. The lowest BCUT2D eigenvalue weighted by molar-refractivity contribution is -0.144. The van der Waals surface area contributed by atoms with Crippen molar-refractivity contribution in [3.05, 3.63) is 71.0 Å². The zero-order valence-electron chi connectivity index (χ0n) is 14.5. The van der Waals surface area contributed by atoms with Crippen LogP contribution in [0.2, 0.25) is 5.02 Å². The van der Waals surface area contributed by atoms with Gasteiger partial charge in [-0.3, -0.25) is 15.2 Å². The first-order valence-electron chi connectivity index (χ1n) is 8.28. The number of hydrogen-bond donors (Lipinski definition) is 2. The van der Waals surface area contributed by atoms with Gasteiger partial charge in [-0.25, -0.2) is 4.98 Å². The normalized spacial score (nSPS) is 11.6. The fourth-order valence-corrected chi connectivity index (χ4v) is 3.02. The van der Waals surface area contributed by atoms with Gasteiger partial charge in [-0.2, -0.15) is 18.2 Å². The van der Waals surface area contributed by atoms with Gasteiger partial charge in [0.15, 0.2) is 0 Å². The summed E-state index contributed by atoms with van der Waals surface area (Å²) in [4.78, 5) is 20.6. The van der Waals surface area contributed by atoms with Gasteiger partial charge in [0.2, 0.25) is 11.8 Å². The number of H-pyrrole nitrogens is 1. The van der Waals surface area contributed by atoms with Gasteiger partial charge in [0.25, 0.3) is 5.91 Å². The number of anilines is 1. The number of para-hydroxylation sites is 1. The fraction of sp³-hybridized carbons (Fsp3) is 0.0526. The van der Waals surface area contributed by atoms with E-state index in [4.69, 9.17) is 11.6 Å². The van der Waals surface area contributed by atoms with E-state index in [0.29, 0.717) is 27.2 Å². The number of hydrogen-bond acceptors (Lipinski definition) is 4. The highest BCUT2D eigenvalue weighted by Gasteiger charge is 2.35. The third-order valence-electron chi connectivity index (χ3n) is 4.09. The van der Waals surface area contributed by atoms with Crippen LogP contribution in [0.25, 0.3) is 22.2 Å². The summed E-state index contributed by atoms with van der Waals surface area (Å²) in [5, 5.41) is 8.41. The van der Waals surface area contributed by atoms with Crippen LogP contribution < -0.4 is 5.32 Å². The number of halogens is 4. The van der Waals surface area contributed by atoms with E-state index >= 15 is 0 Å². The molecule has 0 radical (unpaired) electrons. The second-order valence-corrected chi connectivity index (χ2v) is 6.42. The number of rotatable bonds is 3. The van der Waals surface area contributed by atoms with Crippen LogP contribution in [0, 0.1) is 0 Å². The number of aromatic nitrogens is 4. The zero-order valence-corrected chi connectivity index (χ0v) is 15.2. The minimum atomic E-state index is -4.70. The Kier molecular flexibility index (Phi) is 4.67. The zero-order chi connectivity index (χ0) is 20.6. The van der Waals surface area contributed by atoms with Gasteiger partial charge in [-0.1, -0.05) is 48.0 Å². The maximum Gasteiger partial charge on any atom is 0.451 e. The summed E-state index contributed by atoms with van der Waals surface area (Å²) in [7, 11) is 0. The average Bonchev–Trinajstić information content (AvgIpc) is 3.16. The van der Waals surface area contributed by atoms with Crippen LogP contribution in [0.4, 0.5) is 19.1 Å². The van der Waals surface area contributed by atoms with Crippen molar-refractivity contribution in [1.82, 2.24) is 20.2 Å². The van der Waals surface area contributed by atoms with E-state index in [1.807, 2.05) is 0 Å². The molecule has 4 rings (SSSR count). The Bertz CT molecular complexity index is 1220. The Labute approximate surface area is 166 Å².